The number of pyridine rings is 2. The molecule has 1 saturated carbocycles. The average Bonchev–Trinajstić information content (AvgIpc) is 3.71. The number of benzene rings is 1. The molecule has 0 saturated heterocycles. The number of hydrogen-bond acceptors (Lipinski definition) is 7. The zero-order valence-corrected chi connectivity index (χ0v) is 21.8. The van der Waals surface area contributed by atoms with Crippen LogP contribution in [0, 0.1) is 11.7 Å². The van der Waals surface area contributed by atoms with Crippen LogP contribution in [-0.2, 0) is 39.5 Å². The summed E-state index contributed by atoms with van der Waals surface area (Å²) in [7, 11) is 0. The van der Waals surface area contributed by atoms with Gasteiger partial charge in [-0.15, -0.1) is 0 Å². The van der Waals surface area contributed by atoms with E-state index in [-0.39, 0.29) is 47.2 Å². The number of carbonyl (C=O) groups excluding carboxylic acids is 2. The first-order valence-corrected chi connectivity index (χ1v) is 13.4. The van der Waals surface area contributed by atoms with Crippen LogP contribution in [0.3, 0.4) is 0 Å². The number of aromatic nitrogens is 2. The number of cyclic esters (lactones) is 1. The number of halogens is 2. The summed E-state index contributed by atoms with van der Waals surface area (Å²) in [5.74, 6) is -3.32. The minimum absolute atomic E-state index is 0.00679. The Balaban J connectivity index is 1.56. The number of rotatable bonds is 4. The summed E-state index contributed by atoms with van der Waals surface area (Å²) < 4.78 is 21.6. The molecule has 3 aromatic rings. The Morgan fingerprint density at radius 1 is 1.28 bits per heavy atom. The standard InChI is InChI=1S/C28H25ClFN3O6/c1-2-27(37)16-7-19-23-13(9-33(19)24(34)14(16)10-39-26(27)36)20-15(28(38,25(31)35)11-3-4-11)6-5-12-21(20)18(32-23)8-17(30)22(12)29/h7-8,11,15,37-38H,2-6,9-10H2,1H3,(H2,31,35)/t15?,27-,28?/m0/s1. The lowest BCUT2D eigenvalue weighted by atomic mass is 9.69. The van der Waals surface area contributed by atoms with Crippen molar-refractivity contribution in [2.45, 2.75) is 69.3 Å². The van der Waals surface area contributed by atoms with Crippen molar-refractivity contribution >= 4 is 34.4 Å². The summed E-state index contributed by atoms with van der Waals surface area (Å²) in [6, 6.07) is 2.79. The molecule has 11 heteroatoms. The smallest absolute Gasteiger partial charge is 0.343 e. The van der Waals surface area contributed by atoms with Gasteiger partial charge in [0, 0.05) is 28.5 Å². The minimum Gasteiger partial charge on any atom is -0.458 e. The molecule has 39 heavy (non-hydrogen) atoms. The Morgan fingerprint density at radius 2 is 2.03 bits per heavy atom. The second-order valence-corrected chi connectivity index (χ2v) is 11.4. The molecule has 2 unspecified atom stereocenters. The lowest BCUT2D eigenvalue weighted by Crippen LogP contribution is -2.51. The van der Waals surface area contributed by atoms with Crippen LogP contribution in [0.2, 0.25) is 5.02 Å². The molecule has 4 heterocycles. The zero-order valence-electron chi connectivity index (χ0n) is 21.0. The predicted octanol–water partition coefficient (Wildman–Crippen LogP) is 2.53. The molecule has 9 nitrogen and oxygen atoms in total. The molecular formula is C28H25ClFN3O6. The normalized spacial score (nSPS) is 24.5. The number of aryl methyl sites for hydroxylation is 1. The Labute approximate surface area is 226 Å². The molecule has 2 aromatic heterocycles. The van der Waals surface area contributed by atoms with E-state index in [1.807, 2.05) is 0 Å². The van der Waals surface area contributed by atoms with Crippen molar-refractivity contribution in [3.05, 3.63) is 61.1 Å². The molecule has 1 aromatic carbocycles. The highest BCUT2D eigenvalue weighted by atomic mass is 35.5. The van der Waals surface area contributed by atoms with Crippen molar-refractivity contribution < 1.29 is 28.9 Å². The Hall–Kier alpha value is -3.34. The third-order valence-corrected chi connectivity index (χ3v) is 9.58. The number of hydrogen-bond donors (Lipinski definition) is 3. The van der Waals surface area contributed by atoms with E-state index in [2.05, 4.69) is 0 Å². The Kier molecular flexibility index (Phi) is 4.98. The number of nitrogens with two attached hydrogens (primary N) is 1. The number of nitrogens with zero attached hydrogens (tertiary/aromatic N) is 2. The fourth-order valence-corrected chi connectivity index (χ4v) is 7.22. The number of amides is 1. The highest BCUT2D eigenvalue weighted by Gasteiger charge is 2.56. The predicted molar refractivity (Wildman–Crippen MR) is 137 cm³/mol. The van der Waals surface area contributed by atoms with Crippen molar-refractivity contribution in [3.8, 4) is 11.4 Å². The lowest BCUT2D eigenvalue weighted by Gasteiger charge is -2.38. The quantitative estimate of drug-likeness (QED) is 0.329. The van der Waals surface area contributed by atoms with Gasteiger partial charge in [-0.1, -0.05) is 18.5 Å². The first kappa shape index (κ1) is 24.7. The van der Waals surface area contributed by atoms with Crippen LogP contribution in [0.4, 0.5) is 4.39 Å². The van der Waals surface area contributed by atoms with E-state index in [9.17, 15) is 29.0 Å². The monoisotopic (exact) mass is 553 g/mol. The Bertz CT molecular complexity index is 1730. The van der Waals surface area contributed by atoms with Gasteiger partial charge >= 0.3 is 5.97 Å². The van der Waals surface area contributed by atoms with Gasteiger partial charge in [-0.3, -0.25) is 9.59 Å². The van der Waals surface area contributed by atoms with E-state index < -0.39 is 40.4 Å². The highest BCUT2D eigenvalue weighted by molar-refractivity contribution is 6.32. The van der Waals surface area contributed by atoms with Gasteiger partial charge in [0.2, 0.25) is 5.91 Å². The first-order chi connectivity index (χ1) is 18.5. The number of esters is 1. The van der Waals surface area contributed by atoms with Crippen LogP contribution in [0.15, 0.2) is 16.9 Å². The molecule has 1 fully saturated rings. The van der Waals surface area contributed by atoms with Gasteiger partial charge in [0.15, 0.2) is 11.2 Å². The van der Waals surface area contributed by atoms with Gasteiger partial charge in [-0.2, -0.15) is 0 Å². The fraction of sp³-hybridized carbons (Fsp3) is 0.429. The van der Waals surface area contributed by atoms with Crippen LogP contribution in [0.5, 0.6) is 0 Å². The second kappa shape index (κ2) is 7.87. The van der Waals surface area contributed by atoms with Gasteiger partial charge < -0.3 is 25.3 Å². The summed E-state index contributed by atoms with van der Waals surface area (Å²) in [4.78, 5) is 43.8. The van der Waals surface area contributed by atoms with Crippen LogP contribution in [0.25, 0.3) is 22.3 Å². The molecule has 0 radical (unpaired) electrons. The molecular weight excluding hydrogens is 529 g/mol. The lowest BCUT2D eigenvalue weighted by molar-refractivity contribution is -0.172. The molecule has 2 aliphatic carbocycles. The van der Waals surface area contributed by atoms with Crippen LogP contribution in [0.1, 0.15) is 66.3 Å². The third-order valence-electron chi connectivity index (χ3n) is 9.17. The minimum atomic E-state index is -2.00. The van der Waals surface area contributed by atoms with Crippen molar-refractivity contribution in [3.63, 3.8) is 0 Å². The van der Waals surface area contributed by atoms with E-state index in [0.29, 0.717) is 59.1 Å². The van der Waals surface area contributed by atoms with Crippen LogP contribution in [-0.4, -0.2) is 37.2 Å². The molecule has 202 valence electrons. The number of carbonyl (C=O) groups is 2. The van der Waals surface area contributed by atoms with E-state index >= 15 is 0 Å². The van der Waals surface area contributed by atoms with E-state index in [1.165, 1.54) is 10.6 Å². The summed E-state index contributed by atoms with van der Waals surface area (Å²) in [5.41, 5.74) is 4.59. The SMILES string of the molecule is CC[C@@]1(O)C(=O)OCc2c1cc1n(c2=O)Cc2c-1nc1cc(F)c(Cl)c3c1c2C(C(O)(C(N)=O)C1CC1)CC3. The molecule has 1 amide bonds. The zero-order chi connectivity index (χ0) is 27.6. The maximum atomic E-state index is 14.9. The van der Waals surface area contributed by atoms with E-state index in [1.54, 1.807) is 13.0 Å². The third kappa shape index (κ3) is 3.02. The number of primary amides is 1. The molecule has 7 rings (SSSR count). The highest BCUT2D eigenvalue weighted by Crippen LogP contribution is 2.55. The maximum Gasteiger partial charge on any atom is 0.343 e. The van der Waals surface area contributed by atoms with E-state index in [0.717, 1.165) is 0 Å². The fourth-order valence-electron chi connectivity index (χ4n) is 6.98. The van der Waals surface area contributed by atoms with Crippen molar-refractivity contribution in [2.24, 2.45) is 11.7 Å². The first-order valence-electron chi connectivity index (χ1n) is 13.0. The molecule has 2 aliphatic heterocycles. The van der Waals surface area contributed by atoms with Gasteiger partial charge in [0.25, 0.3) is 5.56 Å². The molecule has 0 spiro atoms. The molecule has 4 N–H and O–H groups in total. The average molecular weight is 554 g/mol. The summed E-state index contributed by atoms with van der Waals surface area (Å²) in [5, 5.41) is 23.5. The second-order valence-electron chi connectivity index (χ2n) is 11.1. The maximum absolute atomic E-state index is 14.9. The largest absolute Gasteiger partial charge is 0.458 e. The Morgan fingerprint density at radius 3 is 2.69 bits per heavy atom. The number of fused-ring (bicyclic) bond motifs is 5. The summed E-state index contributed by atoms with van der Waals surface area (Å²) in [6.45, 7) is 1.41. The van der Waals surface area contributed by atoms with Crippen molar-refractivity contribution in [1.29, 1.82) is 0 Å². The summed E-state index contributed by atoms with van der Waals surface area (Å²) >= 11 is 6.40. The molecule has 4 aliphatic rings. The van der Waals surface area contributed by atoms with Crippen molar-refractivity contribution in [2.75, 3.05) is 0 Å². The van der Waals surface area contributed by atoms with Gasteiger partial charge in [-0.25, -0.2) is 14.2 Å². The molecule has 0 bridgehead atoms. The number of aliphatic hydroxyl groups is 2. The van der Waals surface area contributed by atoms with Crippen LogP contribution >= 0.6 is 11.6 Å². The summed E-state index contributed by atoms with van der Waals surface area (Å²) in [6.07, 6.45) is 1.92. The molecule has 3 atom stereocenters. The number of ether oxygens (including phenoxy) is 1. The topological polar surface area (TPSA) is 145 Å². The van der Waals surface area contributed by atoms with Crippen LogP contribution < -0.4 is 11.3 Å². The van der Waals surface area contributed by atoms with Gasteiger partial charge in [-0.05, 0) is 55.2 Å². The van der Waals surface area contributed by atoms with E-state index in [4.69, 9.17) is 27.1 Å². The van der Waals surface area contributed by atoms with Crippen molar-refractivity contribution in [1.82, 2.24) is 9.55 Å². The van der Waals surface area contributed by atoms with Gasteiger partial charge in [0.1, 0.15) is 12.4 Å². The van der Waals surface area contributed by atoms with Gasteiger partial charge in [0.05, 0.1) is 34.0 Å².